The van der Waals surface area contributed by atoms with Crippen molar-refractivity contribution < 1.29 is 33.3 Å². The Morgan fingerprint density at radius 3 is 2.00 bits per heavy atom. The second-order valence-electron chi connectivity index (χ2n) is 6.57. The molecule has 5 N–H and O–H groups in total. The number of fused-ring (bicyclic) bond motifs is 1. The van der Waals surface area contributed by atoms with Crippen LogP contribution in [0.15, 0.2) is 24.3 Å². The van der Waals surface area contributed by atoms with Crippen molar-refractivity contribution >= 4 is 23.0 Å². The van der Waals surface area contributed by atoms with Crippen LogP contribution in [-0.4, -0.2) is 31.6 Å². The molecule has 0 saturated heterocycles. The van der Waals surface area contributed by atoms with E-state index in [1.165, 1.54) is 37.5 Å². The zero-order valence-electron chi connectivity index (χ0n) is 17.7. The molecule has 0 saturated carbocycles. The Bertz CT molecular complexity index is 785. The Hall–Kier alpha value is -2.07. The number of benzene rings is 2. The highest BCUT2D eigenvalue weighted by Gasteiger charge is 2.33. The van der Waals surface area contributed by atoms with Crippen LogP contribution in [0.2, 0.25) is 0 Å². The number of halogens is 1. The van der Waals surface area contributed by atoms with Gasteiger partial charge < -0.3 is 33.3 Å². The van der Waals surface area contributed by atoms with Gasteiger partial charge in [0.15, 0.2) is 46.4 Å². The summed E-state index contributed by atoms with van der Waals surface area (Å²) in [5.74, 6) is -1.02. The molecule has 1 aliphatic heterocycles. The van der Waals surface area contributed by atoms with Gasteiger partial charge >= 0.3 is 0 Å². The predicted molar refractivity (Wildman–Crippen MR) is 124 cm³/mol. The fraction of sp³-hybridized carbons (Fsp3) is 0.455. The fourth-order valence-corrected chi connectivity index (χ4v) is 3.18. The van der Waals surface area contributed by atoms with Crippen molar-refractivity contribution in [3.8, 4) is 34.5 Å². The maximum Gasteiger partial charge on any atom is 0.200 e. The third-order valence-electron chi connectivity index (χ3n) is 4.39. The van der Waals surface area contributed by atoms with Crippen molar-refractivity contribution in [2.75, 3.05) is 0 Å². The second-order valence-corrected chi connectivity index (χ2v) is 7.01. The van der Waals surface area contributed by atoms with Crippen molar-refractivity contribution in [2.45, 2.75) is 65.6 Å². The standard InChI is InChI=1S/C15H13IO7.C5H12.C2H6/c16-23-7-3-9(17)8-5-12(20)15(22-13(8)4-7)6-1-10(18)14(21)11(19)2-6;1-3-5-4-2;1-2/h1-4,12,15,17-21H,5H2;3-5H2,1-2H3;1-2H3/t12-,15-;;/m1../s1. The van der Waals surface area contributed by atoms with Gasteiger partial charge in [-0.1, -0.05) is 47.0 Å². The largest absolute Gasteiger partial charge is 0.507 e. The molecule has 7 nitrogen and oxygen atoms in total. The van der Waals surface area contributed by atoms with E-state index in [-0.39, 0.29) is 17.7 Å². The highest BCUT2D eigenvalue weighted by Crippen LogP contribution is 2.44. The first-order valence-electron chi connectivity index (χ1n) is 10.1. The molecule has 1 heterocycles. The molecule has 3 rings (SSSR count). The number of hydrogen-bond donors (Lipinski definition) is 5. The molecule has 0 radical (unpaired) electrons. The van der Waals surface area contributed by atoms with Crippen LogP contribution in [0.4, 0.5) is 0 Å². The lowest BCUT2D eigenvalue weighted by atomic mass is 9.93. The number of phenolic OH excluding ortho intramolecular Hbond substituents is 4. The maximum absolute atomic E-state index is 10.3. The molecular formula is C22H31IO7. The molecule has 0 spiro atoms. The Balaban J connectivity index is 0.000000565. The summed E-state index contributed by atoms with van der Waals surface area (Å²) in [7, 11) is 0. The molecule has 168 valence electrons. The van der Waals surface area contributed by atoms with Crippen LogP contribution in [0.25, 0.3) is 0 Å². The molecule has 0 bridgehead atoms. The van der Waals surface area contributed by atoms with Crippen LogP contribution < -0.4 is 7.80 Å². The number of ether oxygens (including phenoxy) is 1. The van der Waals surface area contributed by atoms with Gasteiger partial charge in [0.05, 0.1) is 6.10 Å². The van der Waals surface area contributed by atoms with E-state index in [2.05, 4.69) is 13.8 Å². The monoisotopic (exact) mass is 534 g/mol. The van der Waals surface area contributed by atoms with Gasteiger partial charge in [-0.05, 0) is 12.1 Å². The van der Waals surface area contributed by atoms with Gasteiger partial charge in [0, 0.05) is 29.7 Å². The molecule has 1 aliphatic rings. The first-order valence-corrected chi connectivity index (χ1v) is 10.9. The fourth-order valence-electron chi connectivity index (χ4n) is 2.93. The quantitative estimate of drug-likeness (QED) is 0.260. The summed E-state index contributed by atoms with van der Waals surface area (Å²) in [6, 6.07) is 5.39. The average molecular weight is 534 g/mol. The molecule has 0 aromatic heterocycles. The third kappa shape index (κ3) is 6.46. The predicted octanol–water partition coefficient (Wildman–Crippen LogP) is 5.50. The van der Waals surface area contributed by atoms with Crippen LogP contribution in [0, 0.1) is 0 Å². The summed E-state index contributed by atoms with van der Waals surface area (Å²) in [5.41, 5.74) is 0.731. The van der Waals surface area contributed by atoms with Crippen LogP contribution >= 0.6 is 23.0 Å². The molecule has 2 atom stereocenters. The van der Waals surface area contributed by atoms with Crippen molar-refractivity contribution in [2.24, 2.45) is 0 Å². The molecule has 0 fully saturated rings. The molecule has 2 aromatic rings. The minimum absolute atomic E-state index is 0.0527. The van der Waals surface area contributed by atoms with Crippen molar-refractivity contribution in [3.05, 3.63) is 35.4 Å². The van der Waals surface area contributed by atoms with Crippen molar-refractivity contribution in [1.29, 1.82) is 0 Å². The number of unbranched alkanes of at least 4 members (excludes halogenated alkanes) is 2. The van der Waals surface area contributed by atoms with Gasteiger partial charge in [-0.3, -0.25) is 0 Å². The van der Waals surface area contributed by atoms with Crippen LogP contribution in [0.1, 0.15) is 64.2 Å². The normalized spacial score (nSPS) is 16.7. The first-order chi connectivity index (χ1) is 14.3. The van der Waals surface area contributed by atoms with E-state index in [9.17, 15) is 25.5 Å². The Morgan fingerprint density at radius 1 is 0.967 bits per heavy atom. The van der Waals surface area contributed by atoms with Crippen molar-refractivity contribution in [1.82, 2.24) is 0 Å². The minimum atomic E-state index is -1.01. The van der Waals surface area contributed by atoms with E-state index in [1.54, 1.807) is 29.1 Å². The summed E-state index contributed by atoms with van der Waals surface area (Å²) in [6.45, 7) is 8.42. The van der Waals surface area contributed by atoms with Crippen LogP contribution in [-0.2, 0) is 6.42 Å². The summed E-state index contributed by atoms with van der Waals surface area (Å²) in [4.78, 5) is 0. The highest BCUT2D eigenvalue weighted by atomic mass is 127. The molecule has 2 aromatic carbocycles. The number of phenols is 4. The lowest BCUT2D eigenvalue weighted by Crippen LogP contribution is -2.30. The van der Waals surface area contributed by atoms with Crippen molar-refractivity contribution in [3.63, 3.8) is 0 Å². The number of aliphatic hydroxyl groups excluding tert-OH is 1. The Kier molecular flexibility index (Phi) is 10.9. The van der Waals surface area contributed by atoms with Gasteiger partial charge in [0.2, 0.25) is 0 Å². The Labute approximate surface area is 191 Å². The lowest BCUT2D eigenvalue weighted by molar-refractivity contribution is 0.0197. The molecule has 30 heavy (non-hydrogen) atoms. The zero-order valence-corrected chi connectivity index (χ0v) is 19.9. The topological polar surface area (TPSA) is 120 Å². The smallest absolute Gasteiger partial charge is 0.200 e. The number of hydrogen-bond acceptors (Lipinski definition) is 7. The summed E-state index contributed by atoms with van der Waals surface area (Å²) < 4.78 is 10.7. The number of aliphatic hydroxyl groups is 1. The molecular weight excluding hydrogens is 503 g/mol. The van der Waals surface area contributed by atoms with Gasteiger partial charge in [-0.25, -0.2) is 0 Å². The summed E-state index contributed by atoms with van der Waals surface area (Å²) >= 11 is 1.67. The zero-order chi connectivity index (χ0) is 22.8. The van der Waals surface area contributed by atoms with E-state index in [0.717, 1.165) is 0 Å². The molecule has 0 amide bonds. The SMILES string of the molecule is CC.CCCCC.Oc1cc([C@H]2Oc3cc(OI)cc(O)c3C[C@H]2O)cc(O)c1O. The van der Waals surface area contributed by atoms with E-state index >= 15 is 0 Å². The van der Waals surface area contributed by atoms with E-state index < -0.39 is 29.5 Å². The number of rotatable bonds is 4. The van der Waals surface area contributed by atoms with Gasteiger partial charge in [-0.15, -0.1) is 0 Å². The number of aromatic hydroxyl groups is 4. The third-order valence-corrected chi connectivity index (χ3v) is 4.90. The van der Waals surface area contributed by atoms with E-state index in [4.69, 9.17) is 7.80 Å². The average Bonchev–Trinajstić information content (AvgIpc) is 2.74. The van der Waals surface area contributed by atoms with Gasteiger partial charge in [0.25, 0.3) is 0 Å². The van der Waals surface area contributed by atoms with Gasteiger partial charge in [-0.2, -0.15) is 0 Å². The highest BCUT2D eigenvalue weighted by molar-refractivity contribution is 14.1. The minimum Gasteiger partial charge on any atom is -0.507 e. The molecule has 0 aliphatic carbocycles. The summed E-state index contributed by atoms with van der Waals surface area (Å²) in [6.07, 6.45) is 2.30. The van der Waals surface area contributed by atoms with Gasteiger partial charge in [0.1, 0.15) is 17.2 Å². The van der Waals surface area contributed by atoms with Crippen LogP contribution in [0.3, 0.4) is 0 Å². The maximum atomic E-state index is 10.3. The first kappa shape index (κ1) is 26.0. The lowest BCUT2D eigenvalue weighted by Gasteiger charge is -2.31. The van der Waals surface area contributed by atoms with Crippen LogP contribution in [0.5, 0.6) is 34.5 Å². The molecule has 8 heteroatoms. The summed E-state index contributed by atoms with van der Waals surface area (Å²) in [5, 5.41) is 48.9. The van der Waals surface area contributed by atoms with E-state index in [0.29, 0.717) is 17.1 Å². The second kappa shape index (κ2) is 12.6. The molecule has 0 unspecified atom stereocenters. The van der Waals surface area contributed by atoms with E-state index in [1.807, 2.05) is 13.8 Å². The Morgan fingerprint density at radius 2 is 1.53 bits per heavy atom.